The third kappa shape index (κ3) is 3.76. The van der Waals surface area contributed by atoms with Gasteiger partial charge in [-0.05, 0) is 18.3 Å². The lowest BCUT2D eigenvalue weighted by Crippen LogP contribution is -2.47. The van der Waals surface area contributed by atoms with Gasteiger partial charge in [0, 0.05) is 13.1 Å². The van der Waals surface area contributed by atoms with Gasteiger partial charge in [0.25, 0.3) is 0 Å². The largest absolute Gasteiger partial charge is 0.480 e. The Morgan fingerprint density at radius 1 is 1.59 bits per heavy atom. The molecule has 0 radical (unpaired) electrons. The smallest absolute Gasteiger partial charge is 0.326 e. The molecule has 1 heterocycles. The van der Waals surface area contributed by atoms with Crippen molar-refractivity contribution >= 4 is 12.0 Å². The number of nitrogens with zero attached hydrogens (tertiary/aromatic N) is 1. The number of aliphatic carboxylic acids is 1. The number of likely N-dealkylation sites (tertiary alicyclic amines) is 1. The molecule has 5 heteroatoms. The summed E-state index contributed by atoms with van der Waals surface area (Å²) < 4.78 is 0. The Bertz CT molecular complexity index is 326. The molecule has 0 spiro atoms. The Kier molecular flexibility index (Phi) is 4.15. The first-order valence-corrected chi connectivity index (χ1v) is 5.75. The molecule has 1 atom stereocenters. The SMILES string of the molecule is C=CCC(NC(=O)N1CCC(C)(C)C1)C(=O)O. The number of carbonyl (C=O) groups excluding carboxylic acids is 1. The minimum atomic E-state index is -1.03. The van der Waals surface area contributed by atoms with Crippen LogP contribution >= 0.6 is 0 Å². The van der Waals surface area contributed by atoms with E-state index in [2.05, 4.69) is 25.7 Å². The monoisotopic (exact) mass is 240 g/mol. The van der Waals surface area contributed by atoms with Crippen LogP contribution in [0.15, 0.2) is 12.7 Å². The first kappa shape index (κ1) is 13.5. The van der Waals surface area contributed by atoms with Crippen molar-refractivity contribution in [2.24, 2.45) is 5.41 Å². The molecular formula is C12H20N2O3. The third-order valence-corrected chi connectivity index (χ3v) is 2.96. The van der Waals surface area contributed by atoms with E-state index in [9.17, 15) is 9.59 Å². The number of nitrogens with one attached hydrogen (secondary N) is 1. The van der Waals surface area contributed by atoms with E-state index in [1.807, 2.05) is 0 Å². The second-order valence-electron chi connectivity index (χ2n) is 5.20. The first-order valence-electron chi connectivity index (χ1n) is 5.75. The first-order chi connectivity index (χ1) is 7.85. The molecule has 2 amide bonds. The standard InChI is InChI=1S/C12H20N2O3/c1-4-5-9(10(15)16)13-11(17)14-7-6-12(2,3)8-14/h4,9H,1,5-8H2,2-3H3,(H,13,17)(H,15,16). The van der Waals surface area contributed by atoms with Gasteiger partial charge in [-0.3, -0.25) is 0 Å². The quantitative estimate of drug-likeness (QED) is 0.731. The molecule has 0 saturated carbocycles. The van der Waals surface area contributed by atoms with E-state index in [0.717, 1.165) is 6.42 Å². The van der Waals surface area contributed by atoms with Crippen LogP contribution in [0, 0.1) is 5.41 Å². The van der Waals surface area contributed by atoms with Gasteiger partial charge in [0.1, 0.15) is 6.04 Å². The molecule has 1 rings (SSSR count). The zero-order valence-electron chi connectivity index (χ0n) is 10.4. The van der Waals surface area contributed by atoms with Crippen molar-refractivity contribution in [3.8, 4) is 0 Å². The molecule has 1 unspecified atom stereocenters. The highest BCUT2D eigenvalue weighted by atomic mass is 16.4. The van der Waals surface area contributed by atoms with E-state index in [4.69, 9.17) is 5.11 Å². The molecule has 1 aliphatic rings. The predicted octanol–water partition coefficient (Wildman–Crippen LogP) is 1.46. The van der Waals surface area contributed by atoms with Gasteiger partial charge >= 0.3 is 12.0 Å². The number of hydrogen-bond acceptors (Lipinski definition) is 2. The minimum Gasteiger partial charge on any atom is -0.480 e. The highest BCUT2D eigenvalue weighted by Crippen LogP contribution is 2.28. The van der Waals surface area contributed by atoms with Crippen LogP contribution in [0.3, 0.4) is 0 Å². The third-order valence-electron chi connectivity index (χ3n) is 2.96. The van der Waals surface area contributed by atoms with Crippen molar-refractivity contribution < 1.29 is 14.7 Å². The minimum absolute atomic E-state index is 0.120. The van der Waals surface area contributed by atoms with Crippen molar-refractivity contribution in [1.29, 1.82) is 0 Å². The Labute approximate surface area is 101 Å². The molecular weight excluding hydrogens is 220 g/mol. The van der Waals surface area contributed by atoms with Crippen LogP contribution in [-0.2, 0) is 4.79 Å². The molecule has 5 nitrogen and oxygen atoms in total. The topological polar surface area (TPSA) is 69.6 Å². The number of hydrogen-bond donors (Lipinski definition) is 2. The number of urea groups is 1. The van der Waals surface area contributed by atoms with Gasteiger partial charge in [0.05, 0.1) is 0 Å². The summed E-state index contributed by atoms with van der Waals surface area (Å²) in [5.41, 5.74) is 0.120. The lowest BCUT2D eigenvalue weighted by Gasteiger charge is -2.22. The van der Waals surface area contributed by atoms with Crippen LogP contribution in [-0.4, -0.2) is 41.1 Å². The molecule has 96 valence electrons. The van der Waals surface area contributed by atoms with Crippen molar-refractivity contribution in [2.75, 3.05) is 13.1 Å². The maximum absolute atomic E-state index is 11.8. The van der Waals surface area contributed by atoms with Crippen LogP contribution in [0.5, 0.6) is 0 Å². The van der Waals surface area contributed by atoms with Crippen molar-refractivity contribution in [3.05, 3.63) is 12.7 Å². The van der Waals surface area contributed by atoms with E-state index in [-0.39, 0.29) is 17.9 Å². The summed E-state index contributed by atoms with van der Waals surface area (Å²) in [7, 11) is 0. The molecule has 0 aromatic heterocycles. The number of amides is 2. The average molecular weight is 240 g/mol. The fourth-order valence-electron chi connectivity index (χ4n) is 1.91. The zero-order chi connectivity index (χ0) is 13.1. The molecule has 2 N–H and O–H groups in total. The lowest BCUT2D eigenvalue weighted by atomic mass is 9.93. The summed E-state index contributed by atoms with van der Waals surface area (Å²) in [6.45, 7) is 9.02. The second kappa shape index (κ2) is 5.21. The molecule has 0 bridgehead atoms. The Hall–Kier alpha value is -1.52. The van der Waals surface area contributed by atoms with Gasteiger partial charge in [0.2, 0.25) is 0 Å². The summed E-state index contributed by atoms with van der Waals surface area (Å²) >= 11 is 0. The fourth-order valence-corrected chi connectivity index (χ4v) is 1.91. The second-order valence-corrected chi connectivity index (χ2v) is 5.20. The van der Waals surface area contributed by atoms with E-state index >= 15 is 0 Å². The van der Waals surface area contributed by atoms with Crippen LogP contribution in [0.25, 0.3) is 0 Å². The Balaban J connectivity index is 2.53. The summed E-state index contributed by atoms with van der Waals surface area (Å²) in [6.07, 6.45) is 2.67. The Morgan fingerprint density at radius 3 is 2.65 bits per heavy atom. The number of rotatable bonds is 4. The highest BCUT2D eigenvalue weighted by molar-refractivity contribution is 5.82. The maximum atomic E-state index is 11.8. The Morgan fingerprint density at radius 2 is 2.24 bits per heavy atom. The molecule has 0 aromatic carbocycles. The van der Waals surface area contributed by atoms with E-state index in [1.165, 1.54) is 6.08 Å². The molecule has 17 heavy (non-hydrogen) atoms. The van der Waals surface area contributed by atoms with Gasteiger partial charge in [0.15, 0.2) is 0 Å². The van der Waals surface area contributed by atoms with Crippen molar-refractivity contribution in [2.45, 2.75) is 32.7 Å². The van der Waals surface area contributed by atoms with Crippen LogP contribution in [0.2, 0.25) is 0 Å². The predicted molar refractivity (Wildman–Crippen MR) is 64.7 cm³/mol. The number of carboxylic acids is 1. The van der Waals surface area contributed by atoms with Crippen LogP contribution < -0.4 is 5.32 Å². The summed E-state index contributed by atoms with van der Waals surface area (Å²) in [6, 6.07) is -1.19. The zero-order valence-corrected chi connectivity index (χ0v) is 10.4. The maximum Gasteiger partial charge on any atom is 0.326 e. The van der Waals surface area contributed by atoms with E-state index < -0.39 is 12.0 Å². The summed E-state index contributed by atoms with van der Waals surface area (Å²) in [5.74, 6) is -1.03. The van der Waals surface area contributed by atoms with E-state index in [1.54, 1.807) is 4.90 Å². The number of carbonyl (C=O) groups is 2. The fraction of sp³-hybridized carbons (Fsp3) is 0.667. The molecule has 1 saturated heterocycles. The van der Waals surface area contributed by atoms with Crippen LogP contribution in [0.4, 0.5) is 4.79 Å². The highest BCUT2D eigenvalue weighted by Gasteiger charge is 2.33. The van der Waals surface area contributed by atoms with Crippen molar-refractivity contribution in [1.82, 2.24) is 10.2 Å². The average Bonchev–Trinajstić information content (AvgIpc) is 2.58. The normalized spacial score (nSPS) is 19.8. The summed E-state index contributed by atoms with van der Waals surface area (Å²) in [4.78, 5) is 24.4. The van der Waals surface area contributed by atoms with Crippen LogP contribution in [0.1, 0.15) is 26.7 Å². The number of carboxylic acid groups (broad SMARTS) is 1. The van der Waals surface area contributed by atoms with Gasteiger partial charge in [-0.15, -0.1) is 6.58 Å². The molecule has 1 aliphatic heterocycles. The van der Waals surface area contributed by atoms with Gasteiger partial charge in [-0.25, -0.2) is 9.59 Å². The van der Waals surface area contributed by atoms with Gasteiger partial charge < -0.3 is 15.3 Å². The van der Waals surface area contributed by atoms with Crippen molar-refractivity contribution in [3.63, 3.8) is 0 Å². The van der Waals surface area contributed by atoms with E-state index in [0.29, 0.717) is 13.1 Å². The van der Waals surface area contributed by atoms with Gasteiger partial charge in [-0.1, -0.05) is 19.9 Å². The molecule has 1 fully saturated rings. The summed E-state index contributed by atoms with van der Waals surface area (Å²) in [5, 5.41) is 11.4. The molecule has 0 aliphatic carbocycles. The molecule has 0 aromatic rings. The van der Waals surface area contributed by atoms with Gasteiger partial charge in [-0.2, -0.15) is 0 Å². The lowest BCUT2D eigenvalue weighted by molar-refractivity contribution is -0.139.